The van der Waals surface area contributed by atoms with Crippen molar-refractivity contribution in [3.63, 3.8) is 0 Å². The largest absolute Gasteiger partial charge is 0.496 e. The van der Waals surface area contributed by atoms with Gasteiger partial charge >= 0.3 is 0 Å². The number of hydrogen-bond donors (Lipinski definition) is 1. The minimum absolute atomic E-state index is 0.105. The van der Waals surface area contributed by atoms with Crippen LogP contribution in [-0.2, 0) is 6.42 Å². The van der Waals surface area contributed by atoms with Crippen LogP contribution in [0.1, 0.15) is 15.9 Å². The fourth-order valence-electron chi connectivity index (χ4n) is 2.62. The summed E-state index contributed by atoms with van der Waals surface area (Å²) in [5.74, 6) is 2.19. The van der Waals surface area contributed by atoms with Gasteiger partial charge in [0.2, 0.25) is 0 Å². The number of carbonyl (C=O) groups is 1. The summed E-state index contributed by atoms with van der Waals surface area (Å²) in [6, 6.07) is 24.5. The Hall–Kier alpha value is -3.27. The van der Waals surface area contributed by atoms with Crippen LogP contribution < -0.4 is 14.8 Å². The third-order valence-corrected chi connectivity index (χ3v) is 3.97. The molecule has 0 aromatic heterocycles. The molecule has 4 heteroatoms. The molecule has 0 atom stereocenters. The van der Waals surface area contributed by atoms with Gasteiger partial charge in [-0.15, -0.1) is 0 Å². The molecule has 1 amide bonds. The number of amides is 1. The second-order valence-corrected chi connectivity index (χ2v) is 5.76. The predicted molar refractivity (Wildman–Crippen MR) is 102 cm³/mol. The van der Waals surface area contributed by atoms with Gasteiger partial charge in [-0.1, -0.05) is 36.4 Å². The zero-order valence-corrected chi connectivity index (χ0v) is 14.6. The molecule has 0 heterocycles. The molecule has 132 valence electrons. The number of methoxy groups -OCH3 is 1. The predicted octanol–water partition coefficient (Wildman–Crippen LogP) is 4.46. The second-order valence-electron chi connectivity index (χ2n) is 5.76. The molecule has 0 unspecified atom stereocenters. The van der Waals surface area contributed by atoms with Gasteiger partial charge in [0, 0.05) is 12.1 Å². The van der Waals surface area contributed by atoms with E-state index >= 15 is 0 Å². The number of rotatable bonds is 7. The molecule has 3 rings (SSSR count). The van der Waals surface area contributed by atoms with Crippen molar-refractivity contribution in [2.75, 3.05) is 13.7 Å². The van der Waals surface area contributed by atoms with Crippen molar-refractivity contribution >= 4 is 5.91 Å². The van der Waals surface area contributed by atoms with E-state index in [0.29, 0.717) is 24.3 Å². The van der Waals surface area contributed by atoms with Gasteiger partial charge in [-0.2, -0.15) is 0 Å². The van der Waals surface area contributed by atoms with Crippen LogP contribution in [0.15, 0.2) is 78.9 Å². The first-order chi connectivity index (χ1) is 12.8. The molecule has 0 spiro atoms. The third-order valence-electron chi connectivity index (χ3n) is 3.97. The number of carbonyl (C=O) groups excluding carboxylic acids is 1. The van der Waals surface area contributed by atoms with Crippen molar-refractivity contribution in [2.45, 2.75) is 6.42 Å². The lowest BCUT2D eigenvalue weighted by molar-refractivity contribution is 0.0954. The van der Waals surface area contributed by atoms with Crippen LogP contribution >= 0.6 is 0 Å². The fraction of sp³-hybridized carbons (Fsp3) is 0.136. The number of hydrogen-bond acceptors (Lipinski definition) is 3. The van der Waals surface area contributed by atoms with E-state index in [-0.39, 0.29) is 5.91 Å². The van der Waals surface area contributed by atoms with Crippen LogP contribution in [0.4, 0.5) is 0 Å². The van der Waals surface area contributed by atoms with E-state index in [4.69, 9.17) is 9.47 Å². The van der Waals surface area contributed by atoms with Gasteiger partial charge in [0.25, 0.3) is 5.91 Å². The zero-order chi connectivity index (χ0) is 18.2. The average Bonchev–Trinajstić information content (AvgIpc) is 2.69. The number of para-hydroxylation sites is 2. The van der Waals surface area contributed by atoms with Gasteiger partial charge in [0.05, 0.1) is 7.11 Å². The molecule has 1 N–H and O–H groups in total. The van der Waals surface area contributed by atoms with E-state index in [1.807, 2.05) is 54.6 Å². The molecular weight excluding hydrogens is 326 g/mol. The van der Waals surface area contributed by atoms with Crippen LogP contribution in [0, 0.1) is 0 Å². The van der Waals surface area contributed by atoms with Gasteiger partial charge in [-0.05, 0) is 54.4 Å². The van der Waals surface area contributed by atoms with Gasteiger partial charge in [0.15, 0.2) is 0 Å². The zero-order valence-electron chi connectivity index (χ0n) is 14.6. The summed E-state index contributed by atoms with van der Waals surface area (Å²) in [5.41, 5.74) is 1.67. The summed E-state index contributed by atoms with van der Waals surface area (Å²) >= 11 is 0. The summed E-state index contributed by atoms with van der Waals surface area (Å²) in [6.45, 7) is 0.543. The summed E-state index contributed by atoms with van der Waals surface area (Å²) in [5, 5.41) is 2.93. The Labute approximate surface area is 153 Å². The van der Waals surface area contributed by atoms with Gasteiger partial charge in [-0.3, -0.25) is 4.79 Å². The second kappa shape index (κ2) is 8.72. The molecule has 0 fully saturated rings. The fourth-order valence-corrected chi connectivity index (χ4v) is 2.62. The van der Waals surface area contributed by atoms with E-state index in [1.165, 1.54) is 0 Å². The molecule has 26 heavy (non-hydrogen) atoms. The highest BCUT2D eigenvalue weighted by atomic mass is 16.5. The maximum Gasteiger partial charge on any atom is 0.251 e. The highest BCUT2D eigenvalue weighted by molar-refractivity contribution is 5.94. The molecule has 3 aromatic rings. The molecule has 0 radical (unpaired) electrons. The number of nitrogens with one attached hydrogen (secondary N) is 1. The summed E-state index contributed by atoms with van der Waals surface area (Å²) < 4.78 is 11.1. The molecule has 0 bridgehead atoms. The van der Waals surface area contributed by atoms with Crippen molar-refractivity contribution in [1.29, 1.82) is 0 Å². The molecule has 4 nitrogen and oxygen atoms in total. The average molecular weight is 347 g/mol. The van der Waals surface area contributed by atoms with Crippen LogP contribution in [0.3, 0.4) is 0 Å². The lowest BCUT2D eigenvalue weighted by atomic mass is 10.1. The highest BCUT2D eigenvalue weighted by Crippen LogP contribution is 2.21. The lowest BCUT2D eigenvalue weighted by Crippen LogP contribution is -2.25. The first-order valence-corrected chi connectivity index (χ1v) is 8.49. The van der Waals surface area contributed by atoms with Crippen molar-refractivity contribution in [3.05, 3.63) is 90.0 Å². The Bertz CT molecular complexity index is 845. The van der Waals surface area contributed by atoms with Crippen molar-refractivity contribution in [1.82, 2.24) is 5.32 Å². The summed E-state index contributed by atoms with van der Waals surface area (Å²) in [6.07, 6.45) is 0.713. The highest BCUT2D eigenvalue weighted by Gasteiger charge is 2.07. The van der Waals surface area contributed by atoms with Crippen molar-refractivity contribution in [2.24, 2.45) is 0 Å². The Kier molecular flexibility index (Phi) is 5.88. The molecule has 0 saturated carbocycles. The molecule has 3 aromatic carbocycles. The quantitative estimate of drug-likeness (QED) is 0.686. The SMILES string of the molecule is COc1ccccc1CCNC(=O)c1ccc(Oc2ccccc2)cc1. The maximum atomic E-state index is 12.3. The van der Waals surface area contributed by atoms with Crippen molar-refractivity contribution < 1.29 is 14.3 Å². The van der Waals surface area contributed by atoms with Crippen LogP contribution in [0.5, 0.6) is 17.2 Å². The normalized spacial score (nSPS) is 10.2. The summed E-state index contributed by atoms with van der Waals surface area (Å²) in [4.78, 5) is 12.3. The van der Waals surface area contributed by atoms with E-state index in [0.717, 1.165) is 17.1 Å². The first kappa shape index (κ1) is 17.5. The number of benzene rings is 3. The van der Waals surface area contributed by atoms with Crippen LogP contribution in [0.25, 0.3) is 0 Å². The van der Waals surface area contributed by atoms with Crippen LogP contribution in [0.2, 0.25) is 0 Å². The molecule has 0 saturated heterocycles. The number of ether oxygens (including phenoxy) is 2. The van der Waals surface area contributed by atoms with Crippen LogP contribution in [-0.4, -0.2) is 19.6 Å². The van der Waals surface area contributed by atoms with E-state index in [1.54, 1.807) is 31.4 Å². The van der Waals surface area contributed by atoms with Gasteiger partial charge in [0.1, 0.15) is 17.2 Å². The Morgan fingerprint density at radius 3 is 2.23 bits per heavy atom. The molecule has 0 aliphatic carbocycles. The monoisotopic (exact) mass is 347 g/mol. The van der Waals surface area contributed by atoms with Gasteiger partial charge < -0.3 is 14.8 Å². The minimum Gasteiger partial charge on any atom is -0.496 e. The van der Waals surface area contributed by atoms with Crippen molar-refractivity contribution in [3.8, 4) is 17.2 Å². The van der Waals surface area contributed by atoms with Gasteiger partial charge in [-0.25, -0.2) is 0 Å². The standard InChI is InChI=1S/C22H21NO3/c1-25-21-10-6-5-7-17(21)15-16-23-22(24)18-11-13-20(14-12-18)26-19-8-3-2-4-9-19/h2-14H,15-16H2,1H3,(H,23,24). The molecular formula is C22H21NO3. The molecule has 0 aliphatic heterocycles. The Morgan fingerprint density at radius 2 is 1.50 bits per heavy atom. The van der Waals surface area contributed by atoms with E-state index in [2.05, 4.69) is 5.32 Å². The van der Waals surface area contributed by atoms with E-state index < -0.39 is 0 Å². The Morgan fingerprint density at radius 1 is 0.846 bits per heavy atom. The third kappa shape index (κ3) is 4.63. The lowest BCUT2D eigenvalue weighted by Gasteiger charge is -2.10. The Balaban J connectivity index is 1.53. The smallest absolute Gasteiger partial charge is 0.251 e. The maximum absolute atomic E-state index is 12.3. The molecule has 0 aliphatic rings. The summed E-state index contributed by atoms with van der Waals surface area (Å²) in [7, 11) is 1.65. The minimum atomic E-state index is -0.105. The topological polar surface area (TPSA) is 47.6 Å². The van der Waals surface area contributed by atoms with E-state index in [9.17, 15) is 4.79 Å². The first-order valence-electron chi connectivity index (χ1n) is 8.49.